The summed E-state index contributed by atoms with van der Waals surface area (Å²) in [5.41, 5.74) is 1.13. The number of aliphatic hydroxyl groups is 1. The SMILES string of the molecule is CCCN(CCC)C(=O)c1cccc(C(=O)NCC(O)C2NC(C)(C)N(Cc3ccccc3)C2=O)c1. The average molecular weight is 495 g/mol. The van der Waals surface area contributed by atoms with Gasteiger partial charge in [0.1, 0.15) is 6.04 Å². The molecule has 2 unspecified atom stereocenters. The molecule has 3 amide bonds. The van der Waals surface area contributed by atoms with Crippen molar-refractivity contribution >= 4 is 17.7 Å². The molecule has 0 radical (unpaired) electrons. The second-order valence-electron chi connectivity index (χ2n) is 9.74. The number of hydrogen-bond acceptors (Lipinski definition) is 5. The highest BCUT2D eigenvalue weighted by atomic mass is 16.3. The number of benzene rings is 2. The van der Waals surface area contributed by atoms with Gasteiger partial charge in [0, 0.05) is 37.3 Å². The van der Waals surface area contributed by atoms with E-state index in [0.29, 0.717) is 30.8 Å². The summed E-state index contributed by atoms with van der Waals surface area (Å²) in [6.45, 7) is 9.47. The quantitative estimate of drug-likeness (QED) is 0.446. The molecule has 1 saturated heterocycles. The van der Waals surface area contributed by atoms with Crippen LogP contribution in [0.4, 0.5) is 0 Å². The number of nitrogens with zero attached hydrogens (tertiary/aromatic N) is 2. The van der Waals surface area contributed by atoms with Crippen LogP contribution in [0.25, 0.3) is 0 Å². The van der Waals surface area contributed by atoms with Crippen molar-refractivity contribution in [3.8, 4) is 0 Å². The lowest BCUT2D eigenvalue weighted by Crippen LogP contribution is -2.50. The Balaban J connectivity index is 1.62. The lowest BCUT2D eigenvalue weighted by atomic mass is 10.1. The van der Waals surface area contributed by atoms with Crippen LogP contribution in [-0.2, 0) is 11.3 Å². The van der Waals surface area contributed by atoms with Crippen LogP contribution in [0.5, 0.6) is 0 Å². The molecule has 36 heavy (non-hydrogen) atoms. The Morgan fingerprint density at radius 2 is 1.69 bits per heavy atom. The summed E-state index contributed by atoms with van der Waals surface area (Å²) < 4.78 is 0. The van der Waals surface area contributed by atoms with Gasteiger partial charge < -0.3 is 20.2 Å². The van der Waals surface area contributed by atoms with Gasteiger partial charge in [0.15, 0.2) is 0 Å². The molecule has 2 aromatic carbocycles. The first kappa shape index (κ1) is 27.4. The van der Waals surface area contributed by atoms with Gasteiger partial charge in [-0.15, -0.1) is 0 Å². The zero-order chi connectivity index (χ0) is 26.3. The number of hydrogen-bond donors (Lipinski definition) is 3. The number of nitrogens with one attached hydrogen (secondary N) is 2. The van der Waals surface area contributed by atoms with Crippen LogP contribution in [0.1, 0.15) is 66.8 Å². The highest BCUT2D eigenvalue weighted by Crippen LogP contribution is 2.25. The molecule has 0 saturated carbocycles. The molecule has 1 aliphatic rings. The first-order valence-corrected chi connectivity index (χ1v) is 12.7. The topological polar surface area (TPSA) is 102 Å². The van der Waals surface area contributed by atoms with Crippen molar-refractivity contribution in [2.75, 3.05) is 19.6 Å². The molecule has 3 rings (SSSR count). The second kappa shape index (κ2) is 12.1. The Morgan fingerprint density at radius 1 is 1.06 bits per heavy atom. The fourth-order valence-electron chi connectivity index (χ4n) is 4.51. The number of amides is 3. The van der Waals surface area contributed by atoms with Crippen LogP contribution in [0.2, 0.25) is 0 Å². The third kappa shape index (κ3) is 6.50. The van der Waals surface area contributed by atoms with Crippen LogP contribution < -0.4 is 10.6 Å². The molecule has 1 aliphatic heterocycles. The van der Waals surface area contributed by atoms with E-state index in [1.807, 2.05) is 58.0 Å². The van der Waals surface area contributed by atoms with Crippen LogP contribution in [0.15, 0.2) is 54.6 Å². The standard InChI is InChI=1S/C28H38N4O4/c1-5-15-31(16-6-2)26(35)22-14-10-13-21(17-22)25(34)29-18-23(33)24-27(36)32(28(3,4)30-24)19-20-11-8-7-9-12-20/h7-14,17,23-24,30,33H,5-6,15-16,18-19H2,1-4H3,(H,29,34). The van der Waals surface area contributed by atoms with E-state index in [1.54, 1.807) is 34.1 Å². The Labute approximate surface area is 213 Å². The normalized spacial score (nSPS) is 17.6. The van der Waals surface area contributed by atoms with Gasteiger partial charge in [-0.3, -0.25) is 19.7 Å². The van der Waals surface area contributed by atoms with Crippen LogP contribution in [-0.4, -0.2) is 70.1 Å². The van der Waals surface area contributed by atoms with Gasteiger partial charge in [0.05, 0.1) is 11.8 Å². The van der Waals surface area contributed by atoms with Crippen LogP contribution in [0, 0.1) is 0 Å². The Bertz CT molecular complexity index is 1050. The van der Waals surface area contributed by atoms with Gasteiger partial charge in [0.25, 0.3) is 11.8 Å². The van der Waals surface area contributed by atoms with Crippen LogP contribution >= 0.6 is 0 Å². The van der Waals surface area contributed by atoms with Crippen molar-refractivity contribution < 1.29 is 19.5 Å². The van der Waals surface area contributed by atoms with Crippen molar-refractivity contribution in [2.45, 2.75) is 64.9 Å². The largest absolute Gasteiger partial charge is 0.389 e. The molecule has 194 valence electrons. The molecular formula is C28H38N4O4. The molecule has 0 aliphatic carbocycles. The minimum atomic E-state index is -1.11. The molecule has 0 spiro atoms. The van der Waals surface area contributed by atoms with Gasteiger partial charge in [0.2, 0.25) is 5.91 Å². The van der Waals surface area contributed by atoms with Gasteiger partial charge in [-0.2, -0.15) is 0 Å². The molecule has 0 bridgehead atoms. The molecule has 8 heteroatoms. The number of rotatable bonds is 11. The summed E-state index contributed by atoms with van der Waals surface area (Å²) >= 11 is 0. The van der Waals surface area contributed by atoms with Gasteiger partial charge in [-0.1, -0.05) is 50.2 Å². The van der Waals surface area contributed by atoms with Gasteiger partial charge in [-0.05, 0) is 50.5 Å². The highest BCUT2D eigenvalue weighted by molar-refractivity contribution is 5.99. The van der Waals surface area contributed by atoms with E-state index >= 15 is 0 Å². The predicted octanol–water partition coefficient (Wildman–Crippen LogP) is 2.78. The zero-order valence-corrected chi connectivity index (χ0v) is 21.7. The summed E-state index contributed by atoms with van der Waals surface area (Å²) in [7, 11) is 0. The monoisotopic (exact) mass is 494 g/mol. The van der Waals surface area contributed by atoms with E-state index < -0.39 is 23.7 Å². The summed E-state index contributed by atoms with van der Waals surface area (Å²) in [6.07, 6.45) is 0.602. The maximum Gasteiger partial charge on any atom is 0.253 e. The Kier molecular flexibility index (Phi) is 9.23. The third-order valence-electron chi connectivity index (χ3n) is 6.40. The number of carbonyl (C=O) groups is 3. The minimum absolute atomic E-state index is 0.102. The second-order valence-corrected chi connectivity index (χ2v) is 9.74. The molecule has 3 N–H and O–H groups in total. The fraction of sp³-hybridized carbons (Fsp3) is 0.464. The number of carbonyl (C=O) groups excluding carboxylic acids is 3. The third-order valence-corrected chi connectivity index (χ3v) is 6.40. The first-order valence-electron chi connectivity index (χ1n) is 12.7. The molecular weight excluding hydrogens is 456 g/mol. The lowest BCUT2D eigenvalue weighted by molar-refractivity contribution is -0.133. The van der Waals surface area contributed by atoms with Crippen molar-refractivity contribution in [3.05, 3.63) is 71.3 Å². The van der Waals surface area contributed by atoms with Crippen LogP contribution in [0.3, 0.4) is 0 Å². The van der Waals surface area contributed by atoms with E-state index in [-0.39, 0.29) is 18.4 Å². The number of aliphatic hydroxyl groups excluding tert-OH is 1. The van der Waals surface area contributed by atoms with E-state index in [4.69, 9.17) is 0 Å². The molecule has 0 aromatic heterocycles. The lowest BCUT2D eigenvalue weighted by Gasteiger charge is -2.31. The highest BCUT2D eigenvalue weighted by Gasteiger charge is 2.47. The molecule has 1 fully saturated rings. The van der Waals surface area contributed by atoms with Crippen molar-refractivity contribution in [1.82, 2.24) is 20.4 Å². The van der Waals surface area contributed by atoms with Gasteiger partial charge in [-0.25, -0.2) is 0 Å². The van der Waals surface area contributed by atoms with E-state index in [9.17, 15) is 19.5 Å². The average Bonchev–Trinajstić information content (AvgIpc) is 3.10. The maximum atomic E-state index is 13.1. The predicted molar refractivity (Wildman–Crippen MR) is 139 cm³/mol. The van der Waals surface area contributed by atoms with Crippen molar-refractivity contribution in [3.63, 3.8) is 0 Å². The zero-order valence-electron chi connectivity index (χ0n) is 21.7. The summed E-state index contributed by atoms with van der Waals surface area (Å²) in [5, 5.41) is 16.7. The summed E-state index contributed by atoms with van der Waals surface area (Å²) in [4.78, 5) is 42.3. The smallest absolute Gasteiger partial charge is 0.253 e. The summed E-state index contributed by atoms with van der Waals surface area (Å²) in [5.74, 6) is -0.730. The Morgan fingerprint density at radius 3 is 2.33 bits per heavy atom. The molecule has 2 atom stereocenters. The Hall–Kier alpha value is -3.23. The minimum Gasteiger partial charge on any atom is -0.389 e. The van der Waals surface area contributed by atoms with E-state index in [0.717, 1.165) is 18.4 Å². The summed E-state index contributed by atoms with van der Waals surface area (Å²) in [6, 6.07) is 15.4. The van der Waals surface area contributed by atoms with Gasteiger partial charge >= 0.3 is 0 Å². The first-order chi connectivity index (χ1) is 17.2. The van der Waals surface area contributed by atoms with E-state index in [2.05, 4.69) is 10.6 Å². The van der Waals surface area contributed by atoms with E-state index in [1.165, 1.54) is 0 Å². The molecule has 1 heterocycles. The molecule has 8 nitrogen and oxygen atoms in total. The van der Waals surface area contributed by atoms with Crippen molar-refractivity contribution in [2.24, 2.45) is 0 Å². The van der Waals surface area contributed by atoms with Crippen molar-refractivity contribution in [1.29, 1.82) is 0 Å². The molecule has 2 aromatic rings. The fourth-order valence-corrected chi connectivity index (χ4v) is 4.51. The maximum absolute atomic E-state index is 13.1.